The maximum atomic E-state index is 13.0. The van der Waals surface area contributed by atoms with Gasteiger partial charge in [-0.3, -0.25) is 0 Å². The molecule has 1 saturated carbocycles. The van der Waals surface area contributed by atoms with Gasteiger partial charge in [0.05, 0.1) is 11.1 Å². The van der Waals surface area contributed by atoms with E-state index in [1.807, 2.05) is 48.5 Å². The van der Waals surface area contributed by atoms with Crippen LogP contribution in [0.25, 0.3) is 11.1 Å². The van der Waals surface area contributed by atoms with Crippen molar-refractivity contribution in [1.29, 1.82) is 0 Å². The predicted octanol–water partition coefficient (Wildman–Crippen LogP) is 4.55. The Morgan fingerprint density at radius 3 is 2.50 bits per heavy atom. The number of carbonyl (C=O) groups excluding carboxylic acids is 2. The van der Waals surface area contributed by atoms with Crippen LogP contribution in [0.15, 0.2) is 66.2 Å². The summed E-state index contributed by atoms with van der Waals surface area (Å²) in [5.74, 6) is -0.281. The molecule has 0 spiro atoms. The third kappa shape index (κ3) is 2.51. The first-order chi connectivity index (χ1) is 13.6. The van der Waals surface area contributed by atoms with E-state index in [0.29, 0.717) is 17.1 Å². The molecule has 5 rings (SSSR count). The van der Waals surface area contributed by atoms with Crippen LogP contribution < -0.4 is 0 Å². The zero-order chi connectivity index (χ0) is 19.3. The van der Waals surface area contributed by atoms with Crippen LogP contribution in [0.5, 0.6) is 0 Å². The van der Waals surface area contributed by atoms with E-state index < -0.39 is 11.6 Å². The van der Waals surface area contributed by atoms with Crippen LogP contribution in [0, 0.1) is 11.8 Å². The molecule has 1 heterocycles. The largest absolute Gasteiger partial charge is 0.454 e. The van der Waals surface area contributed by atoms with Gasteiger partial charge in [-0.1, -0.05) is 55.5 Å². The monoisotopic (exact) mass is 374 g/mol. The van der Waals surface area contributed by atoms with Gasteiger partial charge in [-0.2, -0.15) is 0 Å². The fourth-order valence-corrected chi connectivity index (χ4v) is 5.07. The van der Waals surface area contributed by atoms with Crippen molar-refractivity contribution in [2.45, 2.75) is 37.9 Å². The van der Waals surface area contributed by atoms with Crippen molar-refractivity contribution in [2.24, 2.45) is 11.8 Å². The molecule has 0 bridgehead atoms. The number of carbonyl (C=O) groups is 2. The molecule has 4 atom stereocenters. The van der Waals surface area contributed by atoms with Crippen molar-refractivity contribution in [1.82, 2.24) is 0 Å². The number of rotatable bonds is 3. The SMILES string of the molecule is C[C@@H]1C=C2C(=O)O[C@@H]3CC[C@H](C1)[C@]23OC(=O)c1ccc(-c2ccccc2)cc1. The van der Waals surface area contributed by atoms with Gasteiger partial charge in [-0.25, -0.2) is 9.59 Å². The minimum absolute atomic E-state index is 0.145. The van der Waals surface area contributed by atoms with Gasteiger partial charge in [0.25, 0.3) is 0 Å². The molecule has 0 unspecified atom stereocenters. The molecule has 2 aromatic rings. The lowest BCUT2D eigenvalue weighted by molar-refractivity contribution is -0.140. The second kappa shape index (κ2) is 6.33. The third-order valence-corrected chi connectivity index (χ3v) is 6.35. The van der Waals surface area contributed by atoms with Crippen LogP contribution in [-0.2, 0) is 14.3 Å². The van der Waals surface area contributed by atoms with Crippen molar-refractivity contribution < 1.29 is 19.1 Å². The molecule has 1 saturated heterocycles. The average molecular weight is 374 g/mol. The molecule has 4 nitrogen and oxygen atoms in total. The van der Waals surface area contributed by atoms with Gasteiger partial charge < -0.3 is 9.47 Å². The standard InChI is InChI=1S/C24H22O4/c1-15-13-19-11-12-21-24(19,20(14-15)23(26)27-21)28-22(25)18-9-7-17(8-10-18)16-5-3-2-4-6-16/h2-10,14-15,19,21H,11-13H2,1H3/t15-,19+,21+,24-/m0/s1. The van der Waals surface area contributed by atoms with Gasteiger partial charge in [0.2, 0.25) is 0 Å². The molecule has 0 amide bonds. The Labute approximate surface area is 164 Å². The maximum absolute atomic E-state index is 13.0. The lowest BCUT2D eigenvalue weighted by Crippen LogP contribution is -2.48. The van der Waals surface area contributed by atoms with Gasteiger partial charge in [0.1, 0.15) is 6.10 Å². The normalized spacial score (nSPS) is 30.4. The molecule has 28 heavy (non-hydrogen) atoms. The summed E-state index contributed by atoms with van der Waals surface area (Å²) in [5.41, 5.74) is 2.28. The first kappa shape index (κ1) is 17.2. The van der Waals surface area contributed by atoms with Crippen LogP contribution in [0.1, 0.15) is 36.5 Å². The summed E-state index contributed by atoms with van der Waals surface area (Å²) in [7, 11) is 0. The Hall–Kier alpha value is -2.88. The van der Waals surface area contributed by atoms with E-state index in [1.165, 1.54) is 0 Å². The first-order valence-electron chi connectivity index (χ1n) is 9.90. The van der Waals surface area contributed by atoms with Crippen LogP contribution >= 0.6 is 0 Å². The molecular formula is C24H22O4. The number of hydrogen-bond donors (Lipinski definition) is 0. The molecular weight excluding hydrogens is 352 g/mol. The van der Waals surface area contributed by atoms with Crippen LogP contribution in [0.4, 0.5) is 0 Å². The van der Waals surface area contributed by atoms with E-state index in [1.54, 1.807) is 12.1 Å². The molecule has 0 N–H and O–H groups in total. The second-order valence-electron chi connectivity index (χ2n) is 8.09. The van der Waals surface area contributed by atoms with Gasteiger partial charge in [0, 0.05) is 5.92 Å². The van der Waals surface area contributed by atoms with Gasteiger partial charge in [-0.05, 0) is 48.4 Å². The van der Waals surface area contributed by atoms with Crippen LogP contribution in [0.2, 0.25) is 0 Å². The van der Waals surface area contributed by atoms with E-state index >= 15 is 0 Å². The number of benzene rings is 2. The van der Waals surface area contributed by atoms with Crippen molar-refractivity contribution in [3.05, 3.63) is 71.8 Å². The van der Waals surface area contributed by atoms with Gasteiger partial charge in [0.15, 0.2) is 5.60 Å². The summed E-state index contributed by atoms with van der Waals surface area (Å²) in [6.45, 7) is 2.10. The van der Waals surface area contributed by atoms with E-state index in [4.69, 9.17) is 9.47 Å². The quantitative estimate of drug-likeness (QED) is 0.740. The molecule has 142 valence electrons. The summed E-state index contributed by atoms with van der Waals surface area (Å²) in [5, 5.41) is 0. The Balaban J connectivity index is 1.44. The number of allylic oxidation sites excluding steroid dienone is 1. The number of hydrogen-bond acceptors (Lipinski definition) is 4. The van der Waals surface area contributed by atoms with Crippen LogP contribution in [-0.4, -0.2) is 23.6 Å². The molecule has 2 fully saturated rings. The summed E-state index contributed by atoms with van der Waals surface area (Å²) >= 11 is 0. The third-order valence-electron chi connectivity index (χ3n) is 6.35. The molecule has 0 aromatic heterocycles. The highest BCUT2D eigenvalue weighted by Crippen LogP contribution is 2.55. The van der Waals surface area contributed by atoms with E-state index in [2.05, 4.69) is 6.92 Å². The first-order valence-corrected chi connectivity index (χ1v) is 9.90. The lowest BCUT2D eigenvalue weighted by Gasteiger charge is -2.38. The Morgan fingerprint density at radius 2 is 1.75 bits per heavy atom. The van der Waals surface area contributed by atoms with Crippen molar-refractivity contribution in [3.8, 4) is 11.1 Å². The molecule has 1 aliphatic heterocycles. The Kier molecular flexibility index (Phi) is 3.90. The molecule has 2 aliphatic carbocycles. The molecule has 2 aromatic carbocycles. The van der Waals surface area contributed by atoms with Gasteiger partial charge >= 0.3 is 11.9 Å². The molecule has 0 radical (unpaired) electrons. The van der Waals surface area contributed by atoms with E-state index in [9.17, 15) is 9.59 Å². The van der Waals surface area contributed by atoms with Crippen molar-refractivity contribution >= 4 is 11.9 Å². The maximum Gasteiger partial charge on any atom is 0.339 e. The fraction of sp³-hybridized carbons (Fsp3) is 0.333. The highest BCUT2D eigenvalue weighted by Gasteiger charge is 2.65. The zero-order valence-electron chi connectivity index (χ0n) is 15.8. The highest BCUT2D eigenvalue weighted by atomic mass is 16.6. The average Bonchev–Trinajstić information content (AvgIpc) is 3.19. The summed E-state index contributed by atoms with van der Waals surface area (Å²) in [4.78, 5) is 25.4. The summed E-state index contributed by atoms with van der Waals surface area (Å²) in [6, 6.07) is 17.4. The van der Waals surface area contributed by atoms with Crippen LogP contribution in [0.3, 0.4) is 0 Å². The minimum atomic E-state index is -0.904. The zero-order valence-corrected chi connectivity index (χ0v) is 15.8. The number of esters is 2. The smallest absolute Gasteiger partial charge is 0.339 e. The predicted molar refractivity (Wildman–Crippen MR) is 104 cm³/mol. The lowest BCUT2D eigenvalue weighted by atomic mass is 9.73. The van der Waals surface area contributed by atoms with Gasteiger partial charge in [-0.15, -0.1) is 0 Å². The second-order valence-corrected chi connectivity index (χ2v) is 8.09. The van der Waals surface area contributed by atoms with E-state index in [0.717, 1.165) is 30.4 Å². The number of ether oxygens (including phenoxy) is 2. The fourth-order valence-electron chi connectivity index (χ4n) is 5.07. The topological polar surface area (TPSA) is 52.6 Å². The van der Waals surface area contributed by atoms with Crippen molar-refractivity contribution in [3.63, 3.8) is 0 Å². The Bertz CT molecular complexity index is 960. The Morgan fingerprint density at radius 1 is 1.04 bits per heavy atom. The highest BCUT2D eigenvalue weighted by molar-refractivity contribution is 5.97. The van der Waals surface area contributed by atoms with Crippen molar-refractivity contribution in [2.75, 3.05) is 0 Å². The molecule has 4 heteroatoms. The van der Waals surface area contributed by atoms with E-state index in [-0.39, 0.29) is 18.0 Å². The molecule has 3 aliphatic rings. The minimum Gasteiger partial charge on any atom is -0.454 e. The summed E-state index contributed by atoms with van der Waals surface area (Å²) in [6.07, 6.45) is 4.17. The summed E-state index contributed by atoms with van der Waals surface area (Å²) < 4.78 is 11.7.